The summed E-state index contributed by atoms with van der Waals surface area (Å²) >= 11 is 3.35. The summed E-state index contributed by atoms with van der Waals surface area (Å²) in [5, 5.41) is 0. The van der Waals surface area contributed by atoms with Crippen LogP contribution in [0.25, 0.3) is 5.57 Å². The Bertz CT molecular complexity index is 741. The summed E-state index contributed by atoms with van der Waals surface area (Å²) in [4.78, 5) is 18.4. The van der Waals surface area contributed by atoms with E-state index in [1.165, 1.54) is 11.1 Å². The molecule has 1 aromatic carbocycles. The molecule has 0 saturated carbocycles. The van der Waals surface area contributed by atoms with E-state index in [4.69, 9.17) is 4.74 Å². The molecule has 3 rings (SSSR count). The monoisotopic (exact) mass is 372 g/mol. The van der Waals surface area contributed by atoms with E-state index in [2.05, 4.69) is 39.1 Å². The molecular weight excluding hydrogens is 356 g/mol. The average Bonchev–Trinajstić information content (AvgIpc) is 2.61. The molecule has 0 spiro atoms. The van der Waals surface area contributed by atoms with Gasteiger partial charge in [-0.3, -0.25) is 9.78 Å². The van der Waals surface area contributed by atoms with E-state index >= 15 is 0 Å². The Hall–Kier alpha value is -2.14. The van der Waals surface area contributed by atoms with Crippen LogP contribution in [0.4, 0.5) is 0 Å². The molecule has 0 N–H and O–H groups in total. The van der Waals surface area contributed by atoms with Gasteiger partial charge in [0, 0.05) is 30.0 Å². The molecule has 0 radical (unpaired) electrons. The van der Waals surface area contributed by atoms with E-state index in [1.807, 2.05) is 17.0 Å². The Morgan fingerprint density at radius 3 is 2.65 bits per heavy atom. The van der Waals surface area contributed by atoms with Gasteiger partial charge in [-0.1, -0.05) is 18.2 Å². The molecule has 0 saturated heterocycles. The highest BCUT2D eigenvalue weighted by Gasteiger charge is 2.19. The third-order valence-electron chi connectivity index (χ3n) is 3.91. The second-order valence-corrected chi connectivity index (χ2v) is 6.27. The molecule has 1 aliphatic heterocycles. The van der Waals surface area contributed by atoms with Gasteiger partial charge in [-0.2, -0.15) is 0 Å². The van der Waals surface area contributed by atoms with Crippen LogP contribution in [0.5, 0.6) is 5.75 Å². The normalized spacial score (nSPS) is 14.3. The molecule has 23 heavy (non-hydrogen) atoms. The van der Waals surface area contributed by atoms with Gasteiger partial charge >= 0.3 is 0 Å². The lowest BCUT2D eigenvalue weighted by Gasteiger charge is -2.26. The number of aromatic nitrogens is 1. The third kappa shape index (κ3) is 3.62. The van der Waals surface area contributed by atoms with Gasteiger partial charge in [0.25, 0.3) is 5.91 Å². The van der Waals surface area contributed by atoms with Crippen LogP contribution in [0.3, 0.4) is 0 Å². The van der Waals surface area contributed by atoms with E-state index in [1.54, 1.807) is 25.6 Å². The lowest BCUT2D eigenvalue weighted by atomic mass is 9.99. The van der Waals surface area contributed by atoms with Gasteiger partial charge in [0.15, 0.2) is 0 Å². The molecule has 0 unspecified atom stereocenters. The van der Waals surface area contributed by atoms with Crippen LogP contribution >= 0.6 is 15.9 Å². The number of carbonyl (C=O) groups excluding carboxylic acids is 1. The van der Waals surface area contributed by atoms with Crippen molar-refractivity contribution in [1.82, 2.24) is 9.88 Å². The molecule has 0 atom stereocenters. The number of hydrogen-bond acceptors (Lipinski definition) is 3. The summed E-state index contributed by atoms with van der Waals surface area (Å²) in [6.45, 7) is 1.33. The van der Waals surface area contributed by atoms with Crippen LogP contribution in [0.15, 0.2) is 53.3 Å². The van der Waals surface area contributed by atoms with Crippen LogP contribution in [0.1, 0.15) is 22.3 Å². The van der Waals surface area contributed by atoms with Crippen molar-refractivity contribution in [3.8, 4) is 5.75 Å². The summed E-state index contributed by atoms with van der Waals surface area (Å²) in [5.74, 6) is 0.868. The molecule has 0 bridgehead atoms. The predicted octanol–water partition coefficient (Wildman–Crippen LogP) is 3.78. The maximum Gasteiger partial charge on any atom is 0.255 e. The Labute approximate surface area is 143 Å². The van der Waals surface area contributed by atoms with Crippen molar-refractivity contribution in [3.63, 3.8) is 0 Å². The molecule has 4 nitrogen and oxygen atoms in total. The summed E-state index contributed by atoms with van der Waals surface area (Å²) in [5.41, 5.74) is 3.06. The number of methoxy groups -OCH3 is 1. The number of carbonyl (C=O) groups is 1. The predicted molar refractivity (Wildman–Crippen MR) is 93.4 cm³/mol. The zero-order chi connectivity index (χ0) is 16.2. The van der Waals surface area contributed by atoms with Crippen molar-refractivity contribution < 1.29 is 9.53 Å². The number of hydrogen-bond donors (Lipinski definition) is 0. The van der Waals surface area contributed by atoms with Gasteiger partial charge in [0.1, 0.15) is 5.75 Å². The first-order chi connectivity index (χ1) is 11.2. The topological polar surface area (TPSA) is 42.4 Å². The Morgan fingerprint density at radius 2 is 2.04 bits per heavy atom. The Balaban J connectivity index is 1.71. The van der Waals surface area contributed by atoms with E-state index in [-0.39, 0.29) is 5.91 Å². The average molecular weight is 373 g/mol. The number of nitrogens with zero attached hydrogens (tertiary/aromatic N) is 2. The van der Waals surface area contributed by atoms with E-state index in [0.29, 0.717) is 18.7 Å². The fourth-order valence-electron chi connectivity index (χ4n) is 2.63. The van der Waals surface area contributed by atoms with Crippen molar-refractivity contribution in [2.24, 2.45) is 0 Å². The van der Waals surface area contributed by atoms with Gasteiger partial charge in [-0.15, -0.1) is 0 Å². The number of benzene rings is 1. The number of halogens is 1. The first-order valence-electron chi connectivity index (χ1n) is 7.40. The zero-order valence-corrected chi connectivity index (χ0v) is 14.4. The molecule has 2 aromatic rings. The second kappa shape index (κ2) is 6.96. The van der Waals surface area contributed by atoms with Crippen LogP contribution in [0, 0.1) is 0 Å². The van der Waals surface area contributed by atoms with Gasteiger partial charge in [-0.25, -0.2) is 0 Å². The minimum absolute atomic E-state index is 0.0174. The number of pyridine rings is 1. The number of rotatable bonds is 3. The van der Waals surface area contributed by atoms with Crippen molar-refractivity contribution in [1.29, 1.82) is 0 Å². The Kier molecular flexibility index (Phi) is 4.76. The van der Waals surface area contributed by atoms with Crippen LogP contribution in [-0.2, 0) is 0 Å². The van der Waals surface area contributed by atoms with Gasteiger partial charge < -0.3 is 9.64 Å². The lowest BCUT2D eigenvalue weighted by molar-refractivity contribution is 0.0772. The molecular formula is C18H17BrN2O2. The minimum atomic E-state index is 0.0174. The first-order valence-corrected chi connectivity index (χ1v) is 8.20. The highest BCUT2D eigenvalue weighted by molar-refractivity contribution is 9.10. The van der Waals surface area contributed by atoms with Crippen molar-refractivity contribution in [3.05, 3.63) is 64.4 Å². The smallest absolute Gasteiger partial charge is 0.255 e. The summed E-state index contributed by atoms with van der Waals surface area (Å²) in [6, 6.07) is 9.83. The zero-order valence-electron chi connectivity index (χ0n) is 12.8. The van der Waals surface area contributed by atoms with Gasteiger partial charge in [0.2, 0.25) is 0 Å². The van der Waals surface area contributed by atoms with E-state index in [0.717, 1.165) is 16.6 Å². The second-order valence-electron chi connectivity index (χ2n) is 5.35. The number of amides is 1. The van der Waals surface area contributed by atoms with E-state index in [9.17, 15) is 4.79 Å². The molecule has 0 fully saturated rings. The molecule has 1 amide bonds. The van der Waals surface area contributed by atoms with Gasteiger partial charge in [-0.05, 0) is 51.7 Å². The Morgan fingerprint density at radius 1 is 1.26 bits per heavy atom. The minimum Gasteiger partial charge on any atom is -0.497 e. The third-order valence-corrected chi connectivity index (χ3v) is 4.34. The quantitative estimate of drug-likeness (QED) is 0.822. The fourth-order valence-corrected chi connectivity index (χ4v) is 3.00. The summed E-state index contributed by atoms with van der Waals surface area (Å²) in [6.07, 6.45) is 6.25. The lowest BCUT2D eigenvalue weighted by Crippen LogP contribution is -2.34. The van der Waals surface area contributed by atoms with Crippen LogP contribution < -0.4 is 4.74 Å². The maximum absolute atomic E-state index is 12.5. The summed E-state index contributed by atoms with van der Waals surface area (Å²) < 4.78 is 6.00. The molecule has 118 valence electrons. The highest BCUT2D eigenvalue weighted by Crippen LogP contribution is 2.25. The number of ether oxygens (including phenoxy) is 1. The van der Waals surface area contributed by atoms with Crippen molar-refractivity contribution in [2.45, 2.75) is 6.42 Å². The SMILES string of the molecule is COc1ccc(C2=CCN(C(=O)c3cncc(Br)c3)CC2)cc1. The maximum atomic E-state index is 12.5. The molecule has 5 heteroatoms. The van der Waals surface area contributed by atoms with E-state index < -0.39 is 0 Å². The van der Waals surface area contributed by atoms with Crippen molar-refractivity contribution in [2.75, 3.05) is 20.2 Å². The summed E-state index contributed by atoms with van der Waals surface area (Å²) in [7, 11) is 1.66. The van der Waals surface area contributed by atoms with Gasteiger partial charge in [0.05, 0.1) is 12.7 Å². The fraction of sp³-hybridized carbons (Fsp3) is 0.222. The molecule has 1 aliphatic rings. The molecule has 0 aliphatic carbocycles. The van der Waals surface area contributed by atoms with Crippen molar-refractivity contribution >= 4 is 27.4 Å². The van der Waals surface area contributed by atoms with Crippen LogP contribution in [-0.4, -0.2) is 36.0 Å². The molecule has 2 heterocycles. The van der Waals surface area contributed by atoms with Crippen LogP contribution in [0.2, 0.25) is 0 Å². The largest absolute Gasteiger partial charge is 0.497 e. The highest BCUT2D eigenvalue weighted by atomic mass is 79.9. The molecule has 1 aromatic heterocycles. The first kappa shape index (κ1) is 15.7. The standard InChI is InChI=1S/C18H17BrN2O2/c1-23-17-4-2-13(3-5-17)14-6-8-21(9-7-14)18(22)15-10-16(19)12-20-11-15/h2-6,10-12H,7-9H2,1H3.